The van der Waals surface area contributed by atoms with Crippen molar-refractivity contribution in [3.05, 3.63) is 23.8 Å². The average molecular weight is 459 g/mol. The lowest BCUT2D eigenvalue weighted by Gasteiger charge is -2.25. The normalized spacial score (nSPS) is 18.5. The molecule has 0 heterocycles. The SMILES string of the molecule is COc1ccc(CC(=O)NC(N)=N[C@H](CC2CCCCC2)C(=O)NC2CCCC2)cc1OC. The van der Waals surface area contributed by atoms with Crippen molar-refractivity contribution in [1.82, 2.24) is 10.6 Å². The van der Waals surface area contributed by atoms with Gasteiger partial charge in [0.25, 0.3) is 0 Å². The van der Waals surface area contributed by atoms with Gasteiger partial charge in [0, 0.05) is 6.04 Å². The Morgan fingerprint density at radius 3 is 2.36 bits per heavy atom. The van der Waals surface area contributed by atoms with Gasteiger partial charge in [0.2, 0.25) is 11.8 Å². The van der Waals surface area contributed by atoms with Crippen LogP contribution in [0.25, 0.3) is 0 Å². The van der Waals surface area contributed by atoms with Gasteiger partial charge in [-0.3, -0.25) is 14.9 Å². The summed E-state index contributed by atoms with van der Waals surface area (Å²) in [5.41, 5.74) is 6.84. The lowest BCUT2D eigenvalue weighted by Crippen LogP contribution is -2.44. The molecule has 2 fully saturated rings. The molecule has 4 N–H and O–H groups in total. The Hall–Kier alpha value is -2.77. The third-order valence-electron chi connectivity index (χ3n) is 6.66. The van der Waals surface area contributed by atoms with Crippen molar-refractivity contribution in [2.75, 3.05) is 14.2 Å². The maximum atomic E-state index is 13.0. The zero-order valence-corrected chi connectivity index (χ0v) is 19.9. The Labute approximate surface area is 196 Å². The Kier molecular flexibility index (Phi) is 9.39. The van der Waals surface area contributed by atoms with Gasteiger partial charge in [-0.05, 0) is 42.9 Å². The summed E-state index contributed by atoms with van der Waals surface area (Å²) in [5, 5.41) is 5.80. The van der Waals surface area contributed by atoms with Crippen molar-refractivity contribution < 1.29 is 19.1 Å². The minimum atomic E-state index is -0.574. The van der Waals surface area contributed by atoms with Gasteiger partial charge in [0.15, 0.2) is 17.5 Å². The van der Waals surface area contributed by atoms with E-state index in [9.17, 15) is 9.59 Å². The molecule has 8 heteroatoms. The second kappa shape index (κ2) is 12.5. The van der Waals surface area contributed by atoms with Crippen LogP contribution >= 0.6 is 0 Å². The molecule has 0 unspecified atom stereocenters. The summed E-state index contributed by atoms with van der Waals surface area (Å²) in [4.78, 5) is 30.0. The van der Waals surface area contributed by atoms with Crippen LogP contribution in [0.3, 0.4) is 0 Å². The summed E-state index contributed by atoms with van der Waals surface area (Å²) < 4.78 is 10.5. The van der Waals surface area contributed by atoms with Crippen molar-refractivity contribution in [3.8, 4) is 11.5 Å². The molecule has 0 saturated heterocycles. The lowest BCUT2D eigenvalue weighted by atomic mass is 9.84. The summed E-state index contributed by atoms with van der Waals surface area (Å²) in [6, 6.07) is 4.96. The second-order valence-electron chi connectivity index (χ2n) is 9.17. The van der Waals surface area contributed by atoms with Gasteiger partial charge in [0.1, 0.15) is 6.04 Å². The number of carbonyl (C=O) groups is 2. The number of hydrogen-bond acceptors (Lipinski definition) is 5. The van der Waals surface area contributed by atoms with Crippen molar-refractivity contribution >= 4 is 17.8 Å². The number of nitrogens with two attached hydrogens (primary N) is 1. The molecule has 2 aliphatic rings. The Bertz CT molecular complexity index is 830. The number of aliphatic imine (C=N–C) groups is 1. The molecule has 1 aromatic rings. The van der Waals surface area contributed by atoms with Gasteiger partial charge >= 0.3 is 0 Å². The van der Waals surface area contributed by atoms with Crippen molar-refractivity contribution in [3.63, 3.8) is 0 Å². The fourth-order valence-corrected chi connectivity index (χ4v) is 4.89. The number of nitrogens with zero attached hydrogens (tertiary/aromatic N) is 1. The highest BCUT2D eigenvalue weighted by atomic mass is 16.5. The van der Waals surface area contributed by atoms with Crippen LogP contribution in [-0.4, -0.2) is 44.1 Å². The first kappa shape index (κ1) is 24.9. The molecule has 0 radical (unpaired) electrons. The van der Waals surface area contributed by atoms with E-state index in [2.05, 4.69) is 15.6 Å². The molecule has 33 heavy (non-hydrogen) atoms. The highest BCUT2D eigenvalue weighted by Crippen LogP contribution is 2.29. The van der Waals surface area contributed by atoms with Gasteiger partial charge < -0.3 is 20.5 Å². The Balaban J connectivity index is 1.63. The van der Waals surface area contributed by atoms with E-state index in [1.807, 2.05) is 0 Å². The largest absolute Gasteiger partial charge is 0.493 e. The molecule has 1 atom stereocenters. The second-order valence-corrected chi connectivity index (χ2v) is 9.17. The number of guanidine groups is 1. The minimum Gasteiger partial charge on any atom is -0.493 e. The van der Waals surface area contributed by atoms with Gasteiger partial charge in [-0.15, -0.1) is 0 Å². The summed E-state index contributed by atoms with van der Waals surface area (Å²) in [5.74, 6) is 1.24. The standard InChI is InChI=1S/C25H38N4O4/c1-32-21-13-12-18(15-22(21)33-2)16-23(30)29-25(26)28-20(14-17-8-4-3-5-9-17)24(31)27-19-10-6-7-11-19/h12-13,15,17,19-20H,3-11,14,16H2,1-2H3,(H,27,31)(H3,26,28,29,30)/t20-/m1/s1. The molecule has 2 saturated carbocycles. The predicted molar refractivity (Wildman–Crippen MR) is 128 cm³/mol. The topological polar surface area (TPSA) is 115 Å². The minimum absolute atomic E-state index is 0.0112. The van der Waals surface area contributed by atoms with Gasteiger partial charge in [0.05, 0.1) is 20.6 Å². The predicted octanol–water partition coefficient (Wildman–Crippen LogP) is 3.08. The average Bonchev–Trinajstić information content (AvgIpc) is 3.32. The zero-order valence-electron chi connectivity index (χ0n) is 19.9. The Morgan fingerprint density at radius 2 is 1.70 bits per heavy atom. The molecule has 2 amide bonds. The molecule has 0 aromatic heterocycles. The molecule has 0 spiro atoms. The molecule has 3 rings (SSSR count). The first-order valence-electron chi connectivity index (χ1n) is 12.1. The van der Waals surface area contributed by atoms with Gasteiger partial charge in [-0.2, -0.15) is 0 Å². The van der Waals surface area contributed by atoms with Gasteiger partial charge in [-0.25, -0.2) is 4.99 Å². The van der Waals surface area contributed by atoms with Crippen molar-refractivity contribution in [2.45, 2.75) is 82.7 Å². The molecule has 0 bridgehead atoms. The fourth-order valence-electron chi connectivity index (χ4n) is 4.89. The Morgan fingerprint density at radius 1 is 1.03 bits per heavy atom. The van der Waals surface area contributed by atoms with E-state index < -0.39 is 6.04 Å². The van der Waals surface area contributed by atoms with Crippen LogP contribution < -0.4 is 25.8 Å². The highest BCUT2D eigenvalue weighted by molar-refractivity contribution is 5.98. The number of amides is 2. The summed E-state index contributed by atoms with van der Waals surface area (Å²) in [6.07, 6.45) is 11.0. The molecule has 1 aromatic carbocycles. The van der Waals surface area contributed by atoms with Crippen LogP contribution in [0, 0.1) is 5.92 Å². The number of carbonyl (C=O) groups excluding carboxylic acids is 2. The zero-order chi connectivity index (χ0) is 23.6. The van der Waals surface area contributed by atoms with E-state index in [1.54, 1.807) is 32.4 Å². The summed E-state index contributed by atoms with van der Waals surface area (Å²) >= 11 is 0. The number of nitrogens with one attached hydrogen (secondary N) is 2. The first-order valence-corrected chi connectivity index (χ1v) is 12.1. The summed E-state index contributed by atoms with van der Waals surface area (Å²) in [6.45, 7) is 0. The first-order chi connectivity index (χ1) is 16.0. The molecule has 8 nitrogen and oxygen atoms in total. The van der Waals surface area contributed by atoms with E-state index in [4.69, 9.17) is 15.2 Å². The molecule has 2 aliphatic carbocycles. The monoisotopic (exact) mass is 458 g/mol. The number of hydrogen-bond donors (Lipinski definition) is 3. The number of rotatable bonds is 9. The molecular formula is C25H38N4O4. The van der Waals surface area contributed by atoms with Crippen molar-refractivity contribution in [1.29, 1.82) is 0 Å². The van der Waals surface area contributed by atoms with E-state index in [0.717, 1.165) is 44.1 Å². The smallest absolute Gasteiger partial charge is 0.245 e. The highest BCUT2D eigenvalue weighted by Gasteiger charge is 2.27. The third-order valence-corrected chi connectivity index (χ3v) is 6.66. The number of ether oxygens (including phenoxy) is 2. The van der Waals surface area contributed by atoms with Gasteiger partial charge in [-0.1, -0.05) is 51.0 Å². The lowest BCUT2D eigenvalue weighted by molar-refractivity contribution is -0.123. The molecule has 0 aliphatic heterocycles. The third kappa shape index (κ3) is 7.65. The molecule has 182 valence electrons. The number of benzene rings is 1. The van der Waals surface area contributed by atoms with E-state index in [0.29, 0.717) is 23.8 Å². The van der Waals surface area contributed by atoms with Crippen LogP contribution in [-0.2, 0) is 16.0 Å². The number of methoxy groups -OCH3 is 2. The van der Waals surface area contributed by atoms with E-state index in [-0.39, 0.29) is 30.2 Å². The maximum absolute atomic E-state index is 13.0. The van der Waals surface area contributed by atoms with Crippen LogP contribution in [0.2, 0.25) is 0 Å². The fraction of sp³-hybridized carbons (Fsp3) is 0.640. The van der Waals surface area contributed by atoms with Crippen LogP contribution in [0.5, 0.6) is 11.5 Å². The van der Waals surface area contributed by atoms with Crippen LogP contribution in [0.15, 0.2) is 23.2 Å². The quantitative estimate of drug-likeness (QED) is 0.389. The summed E-state index contributed by atoms with van der Waals surface area (Å²) in [7, 11) is 3.11. The van der Waals surface area contributed by atoms with Crippen LogP contribution in [0.1, 0.15) is 69.8 Å². The van der Waals surface area contributed by atoms with Crippen molar-refractivity contribution in [2.24, 2.45) is 16.6 Å². The van der Waals surface area contributed by atoms with E-state index >= 15 is 0 Å². The van der Waals surface area contributed by atoms with E-state index in [1.165, 1.54) is 19.3 Å². The molecular weight excluding hydrogens is 420 g/mol. The van der Waals surface area contributed by atoms with Crippen LogP contribution in [0.4, 0.5) is 0 Å². The maximum Gasteiger partial charge on any atom is 0.245 e.